The van der Waals surface area contributed by atoms with E-state index in [1.54, 1.807) is 11.3 Å². The van der Waals surface area contributed by atoms with Gasteiger partial charge in [-0.15, -0.1) is 11.3 Å². The molecule has 1 aromatic heterocycles. The van der Waals surface area contributed by atoms with E-state index in [1.807, 2.05) is 18.2 Å². The lowest BCUT2D eigenvalue weighted by atomic mass is 9.95. The van der Waals surface area contributed by atoms with Crippen molar-refractivity contribution in [2.75, 3.05) is 0 Å². The standard InChI is InChI=1S/C24H17ClN2OS/c25-18-9-10-22-19(13-18)21-14-20(17-8-7-15-4-1-2-5-16(15)12-17)26-27(21)24(28-22)23-6-3-11-29-23/h1-13,21,24H,14H2/t21-,24+/m1/s1. The summed E-state index contributed by atoms with van der Waals surface area (Å²) < 4.78 is 6.37. The van der Waals surface area contributed by atoms with Crippen molar-refractivity contribution in [3.63, 3.8) is 0 Å². The summed E-state index contributed by atoms with van der Waals surface area (Å²) >= 11 is 8.01. The highest BCUT2D eigenvalue weighted by Crippen LogP contribution is 2.48. The summed E-state index contributed by atoms with van der Waals surface area (Å²) in [5.41, 5.74) is 3.34. The van der Waals surface area contributed by atoms with Gasteiger partial charge in [0.15, 0.2) is 0 Å². The Labute approximate surface area is 177 Å². The SMILES string of the molecule is Clc1ccc2c(c1)[C@H]1CC(c3ccc4ccccc4c3)=NN1[C@H](c1cccs1)O2. The van der Waals surface area contributed by atoms with Crippen LogP contribution in [0.5, 0.6) is 5.75 Å². The lowest BCUT2D eigenvalue weighted by Crippen LogP contribution is -2.33. The maximum absolute atomic E-state index is 6.37. The van der Waals surface area contributed by atoms with Crippen molar-refractivity contribution in [3.05, 3.63) is 99.2 Å². The van der Waals surface area contributed by atoms with E-state index in [4.69, 9.17) is 21.4 Å². The predicted octanol–water partition coefficient (Wildman–Crippen LogP) is 6.80. The molecule has 5 heteroatoms. The number of ether oxygens (including phenoxy) is 1. The molecule has 0 saturated heterocycles. The molecule has 0 saturated carbocycles. The largest absolute Gasteiger partial charge is 0.464 e. The Morgan fingerprint density at radius 2 is 1.86 bits per heavy atom. The van der Waals surface area contributed by atoms with E-state index in [0.717, 1.165) is 38.9 Å². The van der Waals surface area contributed by atoms with E-state index in [1.165, 1.54) is 10.8 Å². The Kier molecular flexibility index (Phi) is 3.89. The molecule has 2 atom stereocenters. The number of benzene rings is 3. The van der Waals surface area contributed by atoms with Gasteiger partial charge in [-0.1, -0.05) is 54.1 Å². The van der Waals surface area contributed by atoms with Gasteiger partial charge in [-0.05, 0) is 52.0 Å². The molecule has 0 spiro atoms. The fourth-order valence-electron chi connectivity index (χ4n) is 4.22. The summed E-state index contributed by atoms with van der Waals surface area (Å²) in [6.07, 6.45) is 0.614. The molecule has 4 aromatic rings. The zero-order valence-electron chi connectivity index (χ0n) is 15.5. The van der Waals surface area contributed by atoms with Gasteiger partial charge in [-0.2, -0.15) is 5.10 Å². The number of hydrogen-bond acceptors (Lipinski definition) is 4. The quantitative estimate of drug-likeness (QED) is 0.359. The van der Waals surface area contributed by atoms with Crippen LogP contribution in [0.2, 0.25) is 5.02 Å². The van der Waals surface area contributed by atoms with Gasteiger partial charge in [0.2, 0.25) is 6.23 Å². The number of halogens is 1. The molecule has 0 radical (unpaired) electrons. The lowest BCUT2D eigenvalue weighted by molar-refractivity contribution is -0.0165. The molecule has 6 rings (SSSR count). The Morgan fingerprint density at radius 1 is 0.966 bits per heavy atom. The molecule has 142 valence electrons. The van der Waals surface area contributed by atoms with E-state index in [9.17, 15) is 0 Å². The van der Waals surface area contributed by atoms with Crippen LogP contribution in [0.4, 0.5) is 0 Å². The lowest BCUT2D eigenvalue weighted by Gasteiger charge is -2.37. The fourth-order valence-corrected chi connectivity index (χ4v) is 5.15. The van der Waals surface area contributed by atoms with Crippen LogP contribution < -0.4 is 4.74 Å². The van der Waals surface area contributed by atoms with Crippen LogP contribution in [0.25, 0.3) is 10.8 Å². The number of hydrogen-bond donors (Lipinski definition) is 0. The molecule has 0 bridgehead atoms. The second-order valence-electron chi connectivity index (χ2n) is 7.38. The Hall–Kier alpha value is -2.82. The molecule has 0 unspecified atom stereocenters. The van der Waals surface area contributed by atoms with Gasteiger partial charge >= 0.3 is 0 Å². The maximum atomic E-state index is 6.37. The van der Waals surface area contributed by atoms with Crippen LogP contribution >= 0.6 is 22.9 Å². The molecule has 2 aliphatic heterocycles. The number of thiophene rings is 1. The zero-order valence-corrected chi connectivity index (χ0v) is 17.0. The van der Waals surface area contributed by atoms with Crippen molar-refractivity contribution in [1.82, 2.24) is 5.01 Å². The summed E-state index contributed by atoms with van der Waals surface area (Å²) in [6, 6.07) is 25.1. The van der Waals surface area contributed by atoms with Crippen molar-refractivity contribution < 1.29 is 4.74 Å². The Balaban J connectivity index is 1.46. The third kappa shape index (κ3) is 2.83. The first-order valence-electron chi connectivity index (χ1n) is 9.61. The minimum Gasteiger partial charge on any atom is -0.464 e. The molecular formula is C24H17ClN2OS. The number of rotatable bonds is 2. The third-order valence-electron chi connectivity index (χ3n) is 5.62. The van der Waals surface area contributed by atoms with Crippen molar-refractivity contribution in [1.29, 1.82) is 0 Å². The second-order valence-corrected chi connectivity index (χ2v) is 8.79. The van der Waals surface area contributed by atoms with Gasteiger partial charge in [0, 0.05) is 17.0 Å². The average molecular weight is 417 g/mol. The van der Waals surface area contributed by atoms with Crippen LogP contribution in [0.15, 0.2) is 83.3 Å². The van der Waals surface area contributed by atoms with Gasteiger partial charge in [0.25, 0.3) is 0 Å². The monoisotopic (exact) mass is 416 g/mol. The smallest absolute Gasteiger partial charge is 0.222 e. The minimum absolute atomic E-state index is 0.117. The van der Waals surface area contributed by atoms with E-state index in [-0.39, 0.29) is 12.3 Å². The summed E-state index contributed by atoms with van der Waals surface area (Å²) in [5, 5.41) is 12.4. The van der Waals surface area contributed by atoms with Crippen molar-refractivity contribution >= 4 is 39.4 Å². The fraction of sp³-hybridized carbons (Fsp3) is 0.125. The van der Waals surface area contributed by atoms with E-state index in [2.05, 4.69) is 65.0 Å². The first-order valence-corrected chi connectivity index (χ1v) is 10.9. The molecule has 29 heavy (non-hydrogen) atoms. The summed E-state index contributed by atoms with van der Waals surface area (Å²) in [5.74, 6) is 0.893. The first kappa shape index (κ1) is 17.1. The molecule has 0 N–H and O–H groups in total. The van der Waals surface area contributed by atoms with Crippen LogP contribution in [-0.2, 0) is 0 Å². The van der Waals surface area contributed by atoms with Gasteiger partial charge in [-0.3, -0.25) is 0 Å². The Bertz CT molecular complexity index is 1250. The van der Waals surface area contributed by atoms with Crippen LogP contribution in [0, 0.1) is 0 Å². The van der Waals surface area contributed by atoms with Crippen molar-refractivity contribution in [3.8, 4) is 5.75 Å². The molecule has 0 fully saturated rings. The molecule has 2 aliphatic rings. The number of fused-ring (bicyclic) bond motifs is 4. The summed E-state index contributed by atoms with van der Waals surface area (Å²) in [4.78, 5) is 1.15. The molecule has 3 aromatic carbocycles. The van der Waals surface area contributed by atoms with Gasteiger partial charge in [0.1, 0.15) is 5.75 Å². The van der Waals surface area contributed by atoms with Crippen LogP contribution in [0.1, 0.15) is 34.7 Å². The minimum atomic E-state index is -0.216. The van der Waals surface area contributed by atoms with E-state index < -0.39 is 0 Å². The molecule has 0 aliphatic carbocycles. The Morgan fingerprint density at radius 3 is 2.72 bits per heavy atom. The highest BCUT2D eigenvalue weighted by molar-refractivity contribution is 7.10. The normalized spacial score (nSPS) is 20.2. The van der Waals surface area contributed by atoms with Gasteiger partial charge in [-0.25, -0.2) is 5.01 Å². The van der Waals surface area contributed by atoms with E-state index in [0.29, 0.717) is 0 Å². The number of nitrogens with zero attached hydrogens (tertiary/aromatic N) is 2. The van der Waals surface area contributed by atoms with Gasteiger partial charge in [0.05, 0.1) is 16.6 Å². The van der Waals surface area contributed by atoms with Crippen molar-refractivity contribution in [2.24, 2.45) is 5.10 Å². The first-order chi connectivity index (χ1) is 14.3. The molecule has 3 nitrogen and oxygen atoms in total. The van der Waals surface area contributed by atoms with Crippen LogP contribution in [0.3, 0.4) is 0 Å². The molecule has 0 amide bonds. The highest BCUT2D eigenvalue weighted by Gasteiger charge is 2.41. The number of hydrazone groups is 1. The molecular weight excluding hydrogens is 400 g/mol. The maximum Gasteiger partial charge on any atom is 0.222 e. The van der Waals surface area contributed by atoms with E-state index >= 15 is 0 Å². The molecule has 3 heterocycles. The zero-order chi connectivity index (χ0) is 19.4. The van der Waals surface area contributed by atoms with Crippen molar-refractivity contribution in [2.45, 2.75) is 18.7 Å². The van der Waals surface area contributed by atoms with Crippen LogP contribution in [-0.4, -0.2) is 10.7 Å². The van der Waals surface area contributed by atoms with Gasteiger partial charge < -0.3 is 4.74 Å². The summed E-state index contributed by atoms with van der Waals surface area (Å²) in [6.45, 7) is 0. The predicted molar refractivity (Wildman–Crippen MR) is 119 cm³/mol. The average Bonchev–Trinajstić information content (AvgIpc) is 3.43. The topological polar surface area (TPSA) is 24.8 Å². The third-order valence-corrected chi connectivity index (χ3v) is 6.76. The highest BCUT2D eigenvalue weighted by atomic mass is 35.5. The second kappa shape index (κ2) is 6.61. The summed E-state index contributed by atoms with van der Waals surface area (Å²) in [7, 11) is 0.